The van der Waals surface area contributed by atoms with E-state index in [0.717, 1.165) is 47.9 Å². The quantitative estimate of drug-likeness (QED) is 0.887. The van der Waals surface area contributed by atoms with Gasteiger partial charge in [-0.25, -0.2) is 4.68 Å². The van der Waals surface area contributed by atoms with Crippen molar-refractivity contribution in [3.63, 3.8) is 0 Å². The molecule has 2 aromatic rings. The number of anilines is 1. The van der Waals surface area contributed by atoms with E-state index in [2.05, 4.69) is 29.3 Å². The van der Waals surface area contributed by atoms with Crippen molar-refractivity contribution in [1.29, 1.82) is 0 Å². The van der Waals surface area contributed by atoms with Gasteiger partial charge < -0.3 is 5.73 Å². The summed E-state index contributed by atoms with van der Waals surface area (Å²) in [7, 11) is 0. The minimum absolute atomic E-state index is 0.501. The van der Waals surface area contributed by atoms with Gasteiger partial charge >= 0.3 is 0 Å². The lowest BCUT2D eigenvalue weighted by atomic mass is 10.2. The number of nitrogen functional groups attached to an aromatic ring is 1. The highest BCUT2D eigenvalue weighted by Crippen LogP contribution is 2.23. The molecule has 0 unspecified atom stereocenters. The Hall–Kier alpha value is -1.56. The highest BCUT2D eigenvalue weighted by molar-refractivity contribution is 6.31. The average molecular weight is 297 g/mol. The molecule has 0 radical (unpaired) electrons. The number of hydrogen-bond acceptors (Lipinski definition) is 4. The van der Waals surface area contributed by atoms with Gasteiger partial charge in [0.05, 0.1) is 28.6 Å². The Labute approximate surface area is 123 Å². The Kier molecular flexibility index (Phi) is 4.65. The Morgan fingerprint density at radius 2 is 1.90 bits per heavy atom. The summed E-state index contributed by atoms with van der Waals surface area (Å²) in [5.41, 5.74) is 8.73. The molecule has 0 aromatic carbocycles. The molecule has 2 heterocycles. The van der Waals surface area contributed by atoms with Crippen LogP contribution in [0, 0.1) is 0 Å². The second kappa shape index (κ2) is 6.26. The Balaban J connectivity index is 2.37. The third-order valence-electron chi connectivity index (χ3n) is 3.35. The van der Waals surface area contributed by atoms with Crippen molar-refractivity contribution >= 4 is 17.4 Å². The average Bonchev–Trinajstić information content (AvgIpc) is 2.94. The van der Waals surface area contributed by atoms with Gasteiger partial charge in [-0.3, -0.25) is 4.68 Å². The van der Waals surface area contributed by atoms with Crippen LogP contribution in [0.25, 0.3) is 0 Å². The number of aromatic nitrogens is 5. The van der Waals surface area contributed by atoms with Crippen molar-refractivity contribution in [3.05, 3.63) is 22.1 Å². The Morgan fingerprint density at radius 3 is 2.50 bits per heavy atom. The molecule has 0 amide bonds. The minimum Gasteiger partial charge on any atom is -0.381 e. The van der Waals surface area contributed by atoms with Crippen LogP contribution in [0.4, 0.5) is 5.82 Å². The predicted molar refractivity (Wildman–Crippen MR) is 79.8 cm³/mol. The Bertz CT molecular complexity index is 586. The van der Waals surface area contributed by atoms with Gasteiger partial charge in [0.15, 0.2) is 5.82 Å². The number of aryl methyl sites for hydroxylation is 2. The summed E-state index contributed by atoms with van der Waals surface area (Å²) in [6.07, 6.45) is 2.68. The standard InChI is InChI=1S/C13H21ClN6/c1-4-7-10-13(15)16-18-20(10)8-11-12(14)9(5-2)17-19(11)6-3/h4-8,15H2,1-3H3. The molecule has 0 aliphatic rings. The first-order chi connectivity index (χ1) is 9.62. The lowest BCUT2D eigenvalue weighted by Crippen LogP contribution is -2.12. The second-order valence-corrected chi connectivity index (χ2v) is 5.08. The van der Waals surface area contributed by atoms with Crippen LogP contribution in [-0.4, -0.2) is 24.8 Å². The topological polar surface area (TPSA) is 74.6 Å². The van der Waals surface area contributed by atoms with Crippen LogP contribution in [0.15, 0.2) is 0 Å². The molecule has 0 bridgehead atoms. The maximum atomic E-state index is 6.42. The zero-order valence-electron chi connectivity index (χ0n) is 12.2. The maximum absolute atomic E-state index is 6.42. The van der Waals surface area contributed by atoms with Crippen LogP contribution < -0.4 is 5.73 Å². The van der Waals surface area contributed by atoms with Crippen LogP contribution in [0.2, 0.25) is 5.02 Å². The molecule has 0 saturated heterocycles. The minimum atomic E-state index is 0.501. The fourth-order valence-electron chi connectivity index (χ4n) is 2.28. The number of nitrogens with zero attached hydrogens (tertiary/aromatic N) is 5. The Morgan fingerprint density at radius 1 is 1.15 bits per heavy atom. The van der Waals surface area contributed by atoms with E-state index in [1.54, 1.807) is 0 Å². The van der Waals surface area contributed by atoms with Gasteiger partial charge in [0.2, 0.25) is 0 Å². The molecule has 2 rings (SSSR count). The van der Waals surface area contributed by atoms with Crippen LogP contribution in [0.5, 0.6) is 0 Å². The van der Waals surface area contributed by atoms with Crippen LogP contribution >= 0.6 is 11.6 Å². The lowest BCUT2D eigenvalue weighted by molar-refractivity contribution is 0.549. The summed E-state index contributed by atoms with van der Waals surface area (Å²) in [6.45, 7) is 7.54. The molecular formula is C13H21ClN6. The summed E-state index contributed by atoms with van der Waals surface area (Å²) >= 11 is 6.42. The largest absolute Gasteiger partial charge is 0.381 e. The molecular weight excluding hydrogens is 276 g/mol. The van der Waals surface area contributed by atoms with Gasteiger partial charge in [0, 0.05) is 6.54 Å². The molecule has 2 aromatic heterocycles. The van der Waals surface area contributed by atoms with E-state index < -0.39 is 0 Å². The van der Waals surface area contributed by atoms with Gasteiger partial charge in [-0.2, -0.15) is 5.10 Å². The summed E-state index contributed by atoms with van der Waals surface area (Å²) in [5, 5.41) is 13.3. The zero-order chi connectivity index (χ0) is 14.7. The maximum Gasteiger partial charge on any atom is 0.169 e. The first kappa shape index (κ1) is 14.8. The molecule has 0 aliphatic heterocycles. The molecule has 2 N–H and O–H groups in total. The smallest absolute Gasteiger partial charge is 0.169 e. The van der Waals surface area contributed by atoms with E-state index in [0.29, 0.717) is 12.4 Å². The number of hydrogen-bond donors (Lipinski definition) is 1. The van der Waals surface area contributed by atoms with E-state index >= 15 is 0 Å². The van der Waals surface area contributed by atoms with Gasteiger partial charge in [-0.15, -0.1) is 5.10 Å². The monoisotopic (exact) mass is 296 g/mol. The fourth-order valence-corrected chi connectivity index (χ4v) is 2.61. The first-order valence-corrected chi connectivity index (χ1v) is 7.41. The highest BCUT2D eigenvalue weighted by atomic mass is 35.5. The number of rotatable bonds is 6. The van der Waals surface area contributed by atoms with Crippen molar-refractivity contribution in [2.24, 2.45) is 0 Å². The molecule has 20 heavy (non-hydrogen) atoms. The summed E-state index contributed by atoms with van der Waals surface area (Å²) in [4.78, 5) is 0. The van der Waals surface area contributed by atoms with Crippen LogP contribution in [0.1, 0.15) is 44.3 Å². The second-order valence-electron chi connectivity index (χ2n) is 4.71. The molecule has 0 saturated carbocycles. The van der Waals surface area contributed by atoms with Crippen molar-refractivity contribution in [1.82, 2.24) is 24.8 Å². The highest BCUT2D eigenvalue weighted by Gasteiger charge is 2.17. The van der Waals surface area contributed by atoms with Crippen molar-refractivity contribution < 1.29 is 0 Å². The first-order valence-electron chi connectivity index (χ1n) is 7.04. The van der Waals surface area contributed by atoms with Crippen molar-refractivity contribution in [2.45, 2.75) is 53.1 Å². The molecule has 0 aliphatic carbocycles. The van der Waals surface area contributed by atoms with Gasteiger partial charge in [0.25, 0.3) is 0 Å². The molecule has 7 heteroatoms. The van der Waals surface area contributed by atoms with Crippen LogP contribution in [0.3, 0.4) is 0 Å². The normalized spacial score (nSPS) is 11.2. The third-order valence-corrected chi connectivity index (χ3v) is 3.78. The summed E-state index contributed by atoms with van der Waals surface area (Å²) in [6, 6.07) is 0. The lowest BCUT2D eigenvalue weighted by Gasteiger charge is -2.08. The van der Waals surface area contributed by atoms with E-state index in [9.17, 15) is 0 Å². The van der Waals surface area contributed by atoms with Gasteiger partial charge in [-0.1, -0.05) is 37.1 Å². The third kappa shape index (κ3) is 2.65. The van der Waals surface area contributed by atoms with E-state index in [1.807, 2.05) is 16.3 Å². The molecule has 6 nitrogen and oxygen atoms in total. The van der Waals surface area contributed by atoms with E-state index in [1.165, 1.54) is 0 Å². The molecule has 0 fully saturated rings. The van der Waals surface area contributed by atoms with Crippen molar-refractivity contribution in [3.8, 4) is 0 Å². The van der Waals surface area contributed by atoms with E-state index in [4.69, 9.17) is 17.3 Å². The predicted octanol–water partition coefficient (Wildman–Crippen LogP) is 2.29. The number of nitrogens with two attached hydrogens (primary N) is 1. The fraction of sp³-hybridized carbons (Fsp3) is 0.615. The number of halogens is 1. The van der Waals surface area contributed by atoms with Crippen LogP contribution in [-0.2, 0) is 25.9 Å². The molecule has 0 spiro atoms. The van der Waals surface area contributed by atoms with Gasteiger partial charge in [-0.05, 0) is 19.8 Å². The van der Waals surface area contributed by atoms with Gasteiger partial charge in [0.1, 0.15) is 0 Å². The van der Waals surface area contributed by atoms with E-state index in [-0.39, 0.29) is 0 Å². The zero-order valence-corrected chi connectivity index (χ0v) is 13.0. The SMILES string of the molecule is CCCc1c(N)nnn1Cc1c(Cl)c(CC)nn1CC. The van der Waals surface area contributed by atoms with Crippen molar-refractivity contribution in [2.75, 3.05) is 5.73 Å². The summed E-state index contributed by atoms with van der Waals surface area (Å²) in [5.74, 6) is 0.501. The molecule has 0 atom stereocenters. The molecule has 110 valence electrons. The summed E-state index contributed by atoms with van der Waals surface area (Å²) < 4.78 is 3.75.